The van der Waals surface area contributed by atoms with E-state index in [-0.39, 0.29) is 44.0 Å². The number of carbonyl (C=O) groups is 3. The second-order valence-electron chi connectivity index (χ2n) is 17.7. The first-order chi connectivity index (χ1) is 34.5. The smallest absolute Gasteiger partial charge is 0.306 e. The van der Waals surface area contributed by atoms with Crippen LogP contribution in [0.2, 0.25) is 0 Å². The van der Waals surface area contributed by atoms with E-state index in [1.165, 1.54) is 83.5 Å². The van der Waals surface area contributed by atoms with E-state index in [9.17, 15) is 14.4 Å². The van der Waals surface area contributed by atoms with Crippen LogP contribution in [0.1, 0.15) is 207 Å². The van der Waals surface area contributed by atoms with Gasteiger partial charge in [-0.15, -0.1) is 0 Å². The molecule has 0 amide bonds. The lowest BCUT2D eigenvalue weighted by molar-refractivity contribution is -0.167. The molecule has 0 aliphatic rings. The van der Waals surface area contributed by atoms with Gasteiger partial charge in [0, 0.05) is 19.3 Å². The molecule has 70 heavy (non-hydrogen) atoms. The molecule has 1 unspecified atom stereocenters. The molecule has 0 fully saturated rings. The largest absolute Gasteiger partial charge is 0.462 e. The Morgan fingerprint density at radius 1 is 0.300 bits per heavy atom. The zero-order valence-electron chi connectivity index (χ0n) is 44.5. The highest BCUT2D eigenvalue weighted by Crippen LogP contribution is 2.15. The number of allylic oxidation sites excluding steroid dienone is 26. The fourth-order valence-corrected chi connectivity index (χ4v) is 7.04. The fraction of sp³-hybridized carbons (Fsp3) is 0.547. The lowest BCUT2D eigenvalue weighted by Crippen LogP contribution is -2.30. The van der Waals surface area contributed by atoms with Crippen molar-refractivity contribution in [2.75, 3.05) is 13.2 Å². The molecule has 0 saturated carbocycles. The molecule has 0 aromatic carbocycles. The molecule has 390 valence electrons. The topological polar surface area (TPSA) is 78.9 Å². The Morgan fingerprint density at radius 3 is 0.871 bits per heavy atom. The van der Waals surface area contributed by atoms with Gasteiger partial charge in [-0.2, -0.15) is 0 Å². The highest BCUT2D eigenvalue weighted by atomic mass is 16.6. The van der Waals surface area contributed by atoms with E-state index >= 15 is 0 Å². The van der Waals surface area contributed by atoms with E-state index in [1.54, 1.807) is 0 Å². The molecule has 6 nitrogen and oxygen atoms in total. The molecule has 0 heterocycles. The highest BCUT2D eigenvalue weighted by molar-refractivity contribution is 5.71. The Bertz CT molecular complexity index is 1620. The van der Waals surface area contributed by atoms with Crippen LogP contribution in [0.4, 0.5) is 0 Å². The number of hydrogen-bond donors (Lipinski definition) is 0. The van der Waals surface area contributed by atoms with Gasteiger partial charge in [-0.1, -0.05) is 288 Å². The summed E-state index contributed by atoms with van der Waals surface area (Å²) < 4.78 is 16.8. The number of unbranched alkanes of at least 4 members (excludes halogenated alkanes) is 21. The van der Waals surface area contributed by atoms with Gasteiger partial charge >= 0.3 is 17.9 Å². The third-order valence-corrected chi connectivity index (χ3v) is 11.1. The molecular weight excluding hydrogens is 865 g/mol. The van der Waals surface area contributed by atoms with Crippen LogP contribution in [0.3, 0.4) is 0 Å². The summed E-state index contributed by atoms with van der Waals surface area (Å²) in [5, 5.41) is 0. The zero-order chi connectivity index (χ0) is 50.7. The van der Waals surface area contributed by atoms with Gasteiger partial charge in [-0.05, 0) is 57.8 Å². The number of rotatable bonds is 47. The van der Waals surface area contributed by atoms with E-state index in [4.69, 9.17) is 14.2 Å². The van der Waals surface area contributed by atoms with Crippen molar-refractivity contribution in [2.24, 2.45) is 0 Å². The van der Waals surface area contributed by atoms with Crippen molar-refractivity contribution >= 4 is 17.9 Å². The van der Waals surface area contributed by atoms with Crippen molar-refractivity contribution < 1.29 is 28.6 Å². The molecule has 0 rings (SSSR count). The third-order valence-electron chi connectivity index (χ3n) is 11.1. The first-order valence-electron chi connectivity index (χ1n) is 27.7. The number of ether oxygens (including phenoxy) is 3. The molecule has 0 spiro atoms. The molecule has 0 N–H and O–H groups in total. The van der Waals surface area contributed by atoms with Crippen LogP contribution >= 0.6 is 0 Å². The van der Waals surface area contributed by atoms with Gasteiger partial charge in [0.05, 0.1) is 0 Å². The average Bonchev–Trinajstić information content (AvgIpc) is 3.36. The third kappa shape index (κ3) is 54.0. The van der Waals surface area contributed by atoms with Crippen molar-refractivity contribution in [2.45, 2.75) is 213 Å². The lowest BCUT2D eigenvalue weighted by atomic mass is 10.0. The van der Waals surface area contributed by atoms with Crippen LogP contribution in [0.25, 0.3) is 0 Å². The van der Waals surface area contributed by atoms with Gasteiger partial charge in [0.1, 0.15) is 13.2 Å². The molecule has 0 aliphatic carbocycles. The number of esters is 3. The van der Waals surface area contributed by atoms with Gasteiger partial charge in [0.25, 0.3) is 0 Å². The molecule has 0 aliphatic heterocycles. The molecule has 0 saturated heterocycles. The lowest BCUT2D eigenvalue weighted by Gasteiger charge is -2.18. The monoisotopic (exact) mass is 963 g/mol. The summed E-state index contributed by atoms with van der Waals surface area (Å²) in [6.07, 6.45) is 82.2. The first-order valence-corrected chi connectivity index (χ1v) is 27.7. The van der Waals surface area contributed by atoms with Crippen molar-refractivity contribution in [3.8, 4) is 0 Å². The summed E-state index contributed by atoms with van der Waals surface area (Å²) in [4.78, 5) is 38.1. The van der Waals surface area contributed by atoms with Crippen molar-refractivity contribution in [1.82, 2.24) is 0 Å². The molecule has 1 atom stereocenters. The predicted molar refractivity (Wildman–Crippen MR) is 302 cm³/mol. The standard InChI is InChI=1S/C64H98O6/c1-4-7-10-13-16-19-22-25-28-31-32-34-36-39-42-45-48-51-54-57-63(66)69-60-61(59-68-62(65)56-53-50-47-44-41-38-35-30-27-24-21-18-15-12-9-6-3)70-64(67)58-55-52-49-46-43-40-37-33-29-26-23-20-17-14-11-8-5-2/h7-8,10-11,13-14,16-17,19-20,22-23,25-26,28-29,31-34,36-37,39-40,42-43,61H,4-6,9,12,15,18,21,24,27,30,35,38,41,44-60H2,1-3H3/b10-7-,11-8-,16-13-,17-14-,22-19-,23-20-,28-25-,29-26-,32-31+,36-34-,37-33+,42-39-,43-40-. The summed E-state index contributed by atoms with van der Waals surface area (Å²) in [6.45, 7) is 6.26. The Morgan fingerprint density at radius 2 is 0.557 bits per heavy atom. The summed E-state index contributed by atoms with van der Waals surface area (Å²) in [5.74, 6) is -1.02. The van der Waals surface area contributed by atoms with Crippen molar-refractivity contribution in [3.05, 3.63) is 158 Å². The van der Waals surface area contributed by atoms with Crippen LogP contribution in [-0.2, 0) is 28.6 Å². The zero-order valence-corrected chi connectivity index (χ0v) is 44.5. The molecule has 0 radical (unpaired) electrons. The average molecular weight is 963 g/mol. The first kappa shape index (κ1) is 65.0. The van der Waals surface area contributed by atoms with Crippen LogP contribution in [0, 0.1) is 0 Å². The van der Waals surface area contributed by atoms with Crippen molar-refractivity contribution in [3.63, 3.8) is 0 Å². The van der Waals surface area contributed by atoms with Gasteiger partial charge < -0.3 is 14.2 Å². The van der Waals surface area contributed by atoms with Crippen LogP contribution in [0.5, 0.6) is 0 Å². The molecule has 0 aromatic heterocycles. The van der Waals surface area contributed by atoms with Crippen LogP contribution < -0.4 is 0 Å². The maximum absolute atomic E-state index is 12.8. The van der Waals surface area contributed by atoms with Crippen molar-refractivity contribution in [1.29, 1.82) is 0 Å². The Balaban J connectivity index is 4.61. The van der Waals surface area contributed by atoms with Gasteiger partial charge in [-0.3, -0.25) is 14.4 Å². The fourth-order valence-electron chi connectivity index (χ4n) is 7.04. The predicted octanol–water partition coefficient (Wildman–Crippen LogP) is 18.6. The molecule has 0 bridgehead atoms. The van der Waals surface area contributed by atoms with E-state index < -0.39 is 6.10 Å². The Kier molecular flexibility index (Phi) is 52.6. The summed E-state index contributed by atoms with van der Waals surface area (Å²) in [5.41, 5.74) is 0. The van der Waals surface area contributed by atoms with E-state index in [2.05, 4.69) is 45.1 Å². The molecular formula is C64H98O6. The van der Waals surface area contributed by atoms with Crippen LogP contribution in [-0.4, -0.2) is 37.2 Å². The minimum absolute atomic E-state index is 0.117. The second-order valence-corrected chi connectivity index (χ2v) is 17.7. The van der Waals surface area contributed by atoms with E-state index in [0.29, 0.717) is 19.3 Å². The van der Waals surface area contributed by atoms with Gasteiger partial charge in [0.2, 0.25) is 0 Å². The van der Waals surface area contributed by atoms with Gasteiger partial charge in [-0.25, -0.2) is 0 Å². The number of hydrogen-bond acceptors (Lipinski definition) is 6. The highest BCUT2D eigenvalue weighted by Gasteiger charge is 2.19. The Hall–Kier alpha value is -4.97. The SMILES string of the molecule is CC\C=C/C=C\C=C/C=C\C=C\C=C/C=C\CCCCCC(=O)OCC(COC(=O)CCCCCCCCCCCCCCCCCC)OC(=O)CCCCC\C=C/C=C/C=C\C=C/C=C\C=C/CC. The summed E-state index contributed by atoms with van der Waals surface area (Å²) in [7, 11) is 0. The summed E-state index contributed by atoms with van der Waals surface area (Å²) in [6, 6.07) is 0. The molecule has 0 aromatic rings. The van der Waals surface area contributed by atoms with E-state index in [0.717, 1.165) is 70.6 Å². The maximum Gasteiger partial charge on any atom is 0.306 e. The number of carbonyl (C=O) groups excluding carboxylic acids is 3. The maximum atomic E-state index is 12.8. The van der Waals surface area contributed by atoms with Gasteiger partial charge in [0.15, 0.2) is 6.10 Å². The second kappa shape index (κ2) is 56.6. The minimum atomic E-state index is -0.828. The summed E-state index contributed by atoms with van der Waals surface area (Å²) >= 11 is 0. The van der Waals surface area contributed by atoms with E-state index in [1.807, 2.05) is 134 Å². The molecule has 6 heteroatoms. The quantitative estimate of drug-likeness (QED) is 0.0262. The minimum Gasteiger partial charge on any atom is -0.462 e. The normalized spacial score (nSPS) is 13.4. The van der Waals surface area contributed by atoms with Crippen LogP contribution in [0.15, 0.2) is 158 Å². The Labute approximate surface area is 429 Å².